The molecule has 0 bridgehead atoms. The summed E-state index contributed by atoms with van der Waals surface area (Å²) in [5, 5.41) is 14.8. The van der Waals surface area contributed by atoms with Gasteiger partial charge in [-0.1, -0.05) is 40.2 Å². The van der Waals surface area contributed by atoms with E-state index in [9.17, 15) is 0 Å². The summed E-state index contributed by atoms with van der Waals surface area (Å²) in [6.07, 6.45) is 2.12. The van der Waals surface area contributed by atoms with E-state index in [1.807, 2.05) is 0 Å². The van der Waals surface area contributed by atoms with Crippen molar-refractivity contribution in [2.45, 2.75) is 18.0 Å². The zero-order valence-corrected chi connectivity index (χ0v) is 18.7. The first kappa shape index (κ1) is 23.4. The molecule has 156 valence electrons. The number of aliphatic carboxylic acids is 2. The van der Waals surface area contributed by atoms with Crippen molar-refractivity contribution in [3.8, 4) is 0 Å². The molecule has 0 radical (unpaired) electrons. The summed E-state index contributed by atoms with van der Waals surface area (Å²) >= 11 is 5.30. The van der Waals surface area contributed by atoms with Crippen LogP contribution in [0.15, 0.2) is 57.9 Å². The zero-order chi connectivity index (χ0) is 21.2. The highest BCUT2D eigenvalue weighted by Gasteiger charge is 2.17. The van der Waals surface area contributed by atoms with Crippen LogP contribution in [-0.4, -0.2) is 64.4 Å². The van der Waals surface area contributed by atoms with Crippen molar-refractivity contribution in [2.75, 3.05) is 32.4 Å². The first-order valence-electron chi connectivity index (χ1n) is 9.15. The summed E-state index contributed by atoms with van der Waals surface area (Å²) in [5.74, 6) is -3.65. The lowest BCUT2D eigenvalue weighted by atomic mass is 10.1. The van der Waals surface area contributed by atoms with Gasteiger partial charge in [0.1, 0.15) is 0 Å². The number of piperazine rings is 1. The van der Waals surface area contributed by atoms with E-state index < -0.39 is 11.9 Å². The van der Waals surface area contributed by atoms with Gasteiger partial charge in [0.25, 0.3) is 0 Å². The molecule has 0 atom stereocenters. The molecule has 0 spiro atoms. The fraction of sp³-hybridized carbons (Fsp3) is 0.333. The molecule has 8 heteroatoms. The largest absolute Gasteiger partial charge is 0.473 e. The second-order valence-electron chi connectivity index (χ2n) is 6.64. The Bertz CT molecular complexity index is 779. The average Bonchev–Trinajstić information content (AvgIpc) is 2.72. The number of hydrogen-bond acceptors (Lipinski definition) is 5. The number of halogens is 1. The van der Waals surface area contributed by atoms with Crippen molar-refractivity contribution in [1.29, 1.82) is 0 Å². The molecule has 2 aromatic carbocycles. The van der Waals surface area contributed by atoms with Crippen LogP contribution in [0.1, 0.15) is 11.1 Å². The minimum atomic E-state index is -1.82. The van der Waals surface area contributed by atoms with Gasteiger partial charge in [0.05, 0.1) is 0 Å². The number of benzene rings is 2. The molecule has 2 aromatic rings. The fourth-order valence-electron chi connectivity index (χ4n) is 2.94. The van der Waals surface area contributed by atoms with E-state index in [2.05, 4.69) is 80.5 Å². The number of carboxylic acid groups (broad SMARTS) is 2. The van der Waals surface area contributed by atoms with Gasteiger partial charge in [-0.3, -0.25) is 9.80 Å². The minimum absolute atomic E-state index is 1.06. The lowest BCUT2D eigenvalue weighted by Gasteiger charge is -2.34. The Balaban J connectivity index is 0.000000438. The quantitative estimate of drug-likeness (QED) is 0.499. The Morgan fingerprint density at radius 2 is 1.21 bits per heavy atom. The lowest BCUT2D eigenvalue weighted by Crippen LogP contribution is -2.45. The van der Waals surface area contributed by atoms with Crippen LogP contribution < -0.4 is 0 Å². The Kier molecular flexibility index (Phi) is 9.66. The van der Waals surface area contributed by atoms with Gasteiger partial charge in [0.15, 0.2) is 0 Å². The fourth-order valence-corrected chi connectivity index (χ4v) is 3.62. The topological polar surface area (TPSA) is 81.1 Å². The molecule has 0 aliphatic carbocycles. The standard InChI is InChI=1S/C19H23BrN2S.C2H2O4/c1-23-19-8-4-17(5-9-19)15-22-12-10-21(11-13-22)14-16-2-6-18(20)7-3-16;3-1(4)2(5)6/h2-9H,10-15H2,1H3;(H,3,4)(H,5,6). The van der Waals surface area contributed by atoms with Crippen molar-refractivity contribution in [1.82, 2.24) is 9.80 Å². The van der Waals surface area contributed by atoms with Gasteiger partial charge in [0.2, 0.25) is 0 Å². The first-order chi connectivity index (χ1) is 13.9. The van der Waals surface area contributed by atoms with Gasteiger partial charge in [-0.2, -0.15) is 0 Å². The van der Waals surface area contributed by atoms with E-state index >= 15 is 0 Å². The van der Waals surface area contributed by atoms with Crippen LogP contribution in [0.25, 0.3) is 0 Å². The maximum atomic E-state index is 9.10. The van der Waals surface area contributed by atoms with Crippen molar-refractivity contribution < 1.29 is 19.8 Å². The monoisotopic (exact) mass is 480 g/mol. The van der Waals surface area contributed by atoms with Gasteiger partial charge in [-0.15, -0.1) is 11.8 Å². The number of carboxylic acids is 2. The second kappa shape index (κ2) is 12.0. The van der Waals surface area contributed by atoms with Crippen molar-refractivity contribution >= 4 is 39.6 Å². The summed E-state index contributed by atoms with van der Waals surface area (Å²) in [7, 11) is 0. The lowest BCUT2D eigenvalue weighted by molar-refractivity contribution is -0.159. The van der Waals surface area contributed by atoms with Gasteiger partial charge in [0, 0.05) is 48.6 Å². The van der Waals surface area contributed by atoms with Gasteiger partial charge < -0.3 is 10.2 Å². The predicted molar refractivity (Wildman–Crippen MR) is 118 cm³/mol. The van der Waals surface area contributed by atoms with Crippen LogP contribution in [0.5, 0.6) is 0 Å². The Morgan fingerprint density at radius 1 is 0.828 bits per heavy atom. The number of rotatable bonds is 5. The Hall–Kier alpha value is -1.87. The smallest absolute Gasteiger partial charge is 0.414 e. The molecule has 1 fully saturated rings. The molecule has 0 amide bonds. The zero-order valence-electron chi connectivity index (χ0n) is 16.3. The summed E-state index contributed by atoms with van der Waals surface area (Å²) in [4.78, 5) is 24.7. The molecule has 0 aromatic heterocycles. The normalized spacial score (nSPS) is 14.7. The van der Waals surface area contributed by atoms with Gasteiger partial charge in [-0.25, -0.2) is 9.59 Å². The molecule has 1 heterocycles. The van der Waals surface area contributed by atoms with Crippen molar-refractivity contribution in [2.24, 2.45) is 0 Å². The highest BCUT2D eigenvalue weighted by atomic mass is 79.9. The molecule has 1 saturated heterocycles. The maximum Gasteiger partial charge on any atom is 0.414 e. The van der Waals surface area contributed by atoms with Crippen LogP contribution in [-0.2, 0) is 22.7 Å². The first-order valence-corrected chi connectivity index (χ1v) is 11.2. The van der Waals surface area contributed by atoms with Crippen LogP contribution in [0.3, 0.4) is 0 Å². The SMILES string of the molecule is CSc1ccc(CN2CCN(Cc3ccc(Br)cc3)CC2)cc1.O=C(O)C(=O)O. The molecular weight excluding hydrogens is 456 g/mol. The van der Waals surface area contributed by atoms with E-state index in [4.69, 9.17) is 19.8 Å². The highest BCUT2D eigenvalue weighted by Crippen LogP contribution is 2.17. The summed E-state index contributed by atoms with van der Waals surface area (Å²) in [6.45, 7) is 6.74. The predicted octanol–water partition coefficient (Wildman–Crippen LogP) is 3.64. The van der Waals surface area contributed by atoms with E-state index in [0.717, 1.165) is 43.7 Å². The second-order valence-corrected chi connectivity index (χ2v) is 8.43. The third-order valence-corrected chi connectivity index (χ3v) is 5.80. The summed E-state index contributed by atoms with van der Waals surface area (Å²) in [6, 6.07) is 17.7. The molecular formula is C21H25BrN2O4S. The van der Waals surface area contributed by atoms with Crippen molar-refractivity contribution in [3.63, 3.8) is 0 Å². The van der Waals surface area contributed by atoms with E-state index in [1.54, 1.807) is 11.8 Å². The minimum Gasteiger partial charge on any atom is -0.473 e. The van der Waals surface area contributed by atoms with Crippen LogP contribution in [0.2, 0.25) is 0 Å². The Morgan fingerprint density at radius 3 is 1.55 bits per heavy atom. The summed E-state index contributed by atoms with van der Waals surface area (Å²) < 4.78 is 1.15. The average molecular weight is 481 g/mol. The molecule has 3 rings (SSSR count). The molecule has 6 nitrogen and oxygen atoms in total. The molecule has 1 aliphatic rings. The third kappa shape index (κ3) is 8.57. The maximum absolute atomic E-state index is 9.10. The van der Waals surface area contributed by atoms with Crippen LogP contribution in [0, 0.1) is 0 Å². The third-order valence-electron chi connectivity index (χ3n) is 4.53. The van der Waals surface area contributed by atoms with Crippen LogP contribution >= 0.6 is 27.7 Å². The molecule has 2 N–H and O–H groups in total. The molecule has 1 aliphatic heterocycles. The van der Waals surface area contributed by atoms with E-state index in [0.29, 0.717) is 0 Å². The molecule has 29 heavy (non-hydrogen) atoms. The number of carbonyl (C=O) groups is 2. The van der Waals surface area contributed by atoms with Gasteiger partial charge in [-0.05, 0) is 41.6 Å². The van der Waals surface area contributed by atoms with E-state index in [-0.39, 0.29) is 0 Å². The van der Waals surface area contributed by atoms with Crippen molar-refractivity contribution in [3.05, 3.63) is 64.1 Å². The van der Waals surface area contributed by atoms with Gasteiger partial charge >= 0.3 is 11.9 Å². The number of nitrogens with zero attached hydrogens (tertiary/aromatic N) is 2. The highest BCUT2D eigenvalue weighted by molar-refractivity contribution is 9.10. The molecule has 0 saturated carbocycles. The number of thioether (sulfide) groups is 1. The van der Waals surface area contributed by atoms with Crippen LogP contribution in [0.4, 0.5) is 0 Å². The molecule has 0 unspecified atom stereocenters. The summed E-state index contributed by atoms with van der Waals surface area (Å²) in [5.41, 5.74) is 2.82. The number of hydrogen-bond donors (Lipinski definition) is 2. The van der Waals surface area contributed by atoms with E-state index in [1.165, 1.54) is 16.0 Å². The Labute approximate surface area is 183 Å².